The first-order valence-electron chi connectivity index (χ1n) is 12.7. The molecule has 1 saturated carbocycles. The minimum absolute atomic E-state index is 0.157. The van der Waals surface area contributed by atoms with Gasteiger partial charge in [0.05, 0.1) is 32.8 Å². The fourth-order valence-electron chi connectivity index (χ4n) is 4.45. The monoisotopic (exact) mass is 562 g/mol. The number of fused-ring (bicyclic) bond motifs is 1. The van der Waals surface area contributed by atoms with Crippen molar-refractivity contribution in [1.82, 2.24) is 14.3 Å². The van der Waals surface area contributed by atoms with Crippen LogP contribution in [0.3, 0.4) is 0 Å². The molecule has 1 unspecified atom stereocenters. The van der Waals surface area contributed by atoms with E-state index in [4.69, 9.17) is 15.5 Å². The van der Waals surface area contributed by atoms with Gasteiger partial charge in [0.2, 0.25) is 0 Å². The number of imidazole rings is 1. The minimum atomic E-state index is -4.20. The maximum absolute atomic E-state index is 13.2. The van der Waals surface area contributed by atoms with Gasteiger partial charge in [-0.15, -0.1) is 0 Å². The zero-order chi connectivity index (χ0) is 27.8. The fourth-order valence-corrected chi connectivity index (χ4v) is 6.09. The Labute approximate surface area is 220 Å². The van der Waals surface area contributed by atoms with Crippen molar-refractivity contribution >= 4 is 30.1 Å². The van der Waals surface area contributed by atoms with E-state index in [0.717, 1.165) is 6.04 Å². The minimum Gasteiger partial charge on any atom is -0.375 e. The number of halogens is 3. The highest BCUT2D eigenvalue weighted by Crippen LogP contribution is 2.47. The second-order valence-corrected chi connectivity index (χ2v) is 20.0. The number of hydrogen-bond acceptors (Lipinski definition) is 5. The van der Waals surface area contributed by atoms with Gasteiger partial charge in [0.25, 0.3) is 0 Å². The van der Waals surface area contributed by atoms with Crippen molar-refractivity contribution in [2.45, 2.75) is 95.6 Å². The van der Waals surface area contributed by atoms with Gasteiger partial charge in [0, 0.05) is 21.1 Å². The van der Waals surface area contributed by atoms with Crippen molar-refractivity contribution in [3.8, 4) is 0 Å². The van der Waals surface area contributed by atoms with Crippen LogP contribution in [0.5, 0.6) is 0 Å². The van der Waals surface area contributed by atoms with Gasteiger partial charge in [0.1, 0.15) is 18.8 Å². The number of nitrogens with one attached hydrogen (secondary N) is 1. The molecule has 1 aliphatic carbocycles. The van der Waals surface area contributed by atoms with E-state index in [9.17, 15) is 22.5 Å². The zero-order valence-corrected chi connectivity index (χ0v) is 24.4. The van der Waals surface area contributed by atoms with Gasteiger partial charge in [-0.25, -0.2) is 13.9 Å². The molecular formula is C25H41F3N4O3SSi. The lowest BCUT2D eigenvalue weighted by Crippen LogP contribution is -2.43. The first kappa shape index (κ1) is 30.2. The van der Waals surface area contributed by atoms with E-state index in [1.54, 1.807) is 18.2 Å². The van der Waals surface area contributed by atoms with Crippen LogP contribution >= 0.6 is 0 Å². The summed E-state index contributed by atoms with van der Waals surface area (Å²) in [5.74, 6) is -0.0438. The molecule has 37 heavy (non-hydrogen) atoms. The molecule has 3 atom stereocenters. The van der Waals surface area contributed by atoms with Crippen LogP contribution < -0.4 is 10.5 Å². The molecule has 0 bridgehead atoms. The molecule has 7 nitrogen and oxygen atoms in total. The molecule has 1 heterocycles. The van der Waals surface area contributed by atoms with Crippen LogP contribution in [-0.4, -0.2) is 44.5 Å². The van der Waals surface area contributed by atoms with Crippen LogP contribution in [0.2, 0.25) is 25.7 Å². The molecule has 0 saturated heterocycles. The zero-order valence-electron chi connectivity index (χ0n) is 22.6. The summed E-state index contributed by atoms with van der Waals surface area (Å²) in [5.41, 5.74) is 7.56. The highest BCUT2D eigenvalue weighted by molar-refractivity contribution is 7.84. The smallest absolute Gasteiger partial charge is 0.375 e. The van der Waals surface area contributed by atoms with Crippen molar-refractivity contribution in [3.05, 3.63) is 29.6 Å². The van der Waals surface area contributed by atoms with Gasteiger partial charge in [-0.1, -0.05) is 25.7 Å². The Balaban J connectivity index is 1.98. The molecule has 12 heteroatoms. The first-order chi connectivity index (χ1) is 16.9. The van der Waals surface area contributed by atoms with Crippen molar-refractivity contribution in [3.63, 3.8) is 0 Å². The molecule has 1 aromatic heterocycles. The lowest BCUT2D eigenvalue weighted by atomic mass is 9.69. The number of nitrogens with zero attached hydrogens (tertiary/aromatic N) is 2. The third kappa shape index (κ3) is 8.33. The largest absolute Gasteiger partial charge is 0.389 e. The standard InChI is InChI=1S/C25H41F3N4O3SSi/c1-24(2,3)36(34)31-21(18-11-16(12-18)14-25(26,27)28)23-30-19-8-7-17(22(29)33)13-20(19)32(23)15-35-9-10-37(4,5)6/h7-8,13,16,18,21-22,31,33H,9-12,14-15,29H2,1-6H3/t16?,18?,21?,22-,36-/m1/s1. The number of alkyl halides is 3. The Morgan fingerprint density at radius 2 is 1.92 bits per heavy atom. The van der Waals surface area contributed by atoms with Gasteiger partial charge in [-0.2, -0.15) is 13.2 Å². The van der Waals surface area contributed by atoms with Crippen molar-refractivity contribution in [2.24, 2.45) is 17.6 Å². The molecule has 4 N–H and O–H groups in total. The summed E-state index contributed by atoms with van der Waals surface area (Å²) < 4.78 is 62.7. The van der Waals surface area contributed by atoms with Crippen LogP contribution in [0.4, 0.5) is 13.2 Å². The van der Waals surface area contributed by atoms with E-state index >= 15 is 0 Å². The van der Waals surface area contributed by atoms with Crippen molar-refractivity contribution in [2.75, 3.05) is 6.61 Å². The molecule has 0 radical (unpaired) electrons. The van der Waals surface area contributed by atoms with Gasteiger partial charge in [-0.3, -0.25) is 0 Å². The van der Waals surface area contributed by atoms with E-state index < -0.39 is 54.6 Å². The normalized spacial score (nSPS) is 21.6. The number of rotatable bonds is 11. The first-order valence-corrected chi connectivity index (χ1v) is 17.6. The topological polar surface area (TPSA) is 102 Å². The maximum Gasteiger partial charge on any atom is 0.389 e. The molecule has 0 spiro atoms. The van der Waals surface area contributed by atoms with Gasteiger partial charge in [0.15, 0.2) is 0 Å². The molecule has 1 fully saturated rings. The summed E-state index contributed by atoms with van der Waals surface area (Å²) in [5, 5.41) is 9.94. The summed E-state index contributed by atoms with van der Waals surface area (Å²) in [6.45, 7) is 13.1. The Kier molecular flexibility index (Phi) is 9.34. The van der Waals surface area contributed by atoms with E-state index in [-0.39, 0.29) is 12.6 Å². The van der Waals surface area contributed by atoms with E-state index in [1.807, 2.05) is 25.3 Å². The highest BCUT2D eigenvalue weighted by Gasteiger charge is 2.44. The number of aliphatic hydroxyl groups excluding tert-OH is 1. The summed E-state index contributed by atoms with van der Waals surface area (Å²) in [6.07, 6.45) is -5.45. The average Bonchev–Trinajstić information content (AvgIpc) is 3.07. The quantitative estimate of drug-likeness (QED) is 0.194. The highest BCUT2D eigenvalue weighted by atomic mass is 32.2. The maximum atomic E-state index is 13.2. The lowest BCUT2D eigenvalue weighted by Gasteiger charge is -2.41. The molecule has 1 aromatic carbocycles. The molecule has 3 rings (SSSR count). The molecule has 2 aromatic rings. The Hall–Kier alpha value is -1.31. The number of ether oxygens (including phenoxy) is 1. The summed E-state index contributed by atoms with van der Waals surface area (Å²) in [6, 6.07) is 5.65. The van der Waals surface area contributed by atoms with Crippen molar-refractivity contribution in [1.29, 1.82) is 0 Å². The summed E-state index contributed by atoms with van der Waals surface area (Å²) in [4.78, 5) is 4.83. The van der Waals surface area contributed by atoms with Crippen molar-refractivity contribution < 1.29 is 27.2 Å². The van der Waals surface area contributed by atoms with E-state index in [1.165, 1.54) is 0 Å². The van der Waals surface area contributed by atoms with Crippen LogP contribution in [0.25, 0.3) is 11.0 Å². The molecule has 0 amide bonds. The predicted molar refractivity (Wildman–Crippen MR) is 144 cm³/mol. The SMILES string of the molecule is CC(C)(C)[S@@](=O)NC(c1nc2ccc([C@H](N)O)cc2n1COCC[Si](C)(C)C)C1CC(CC(F)(F)F)C1. The number of aliphatic hydroxyl groups is 1. The van der Waals surface area contributed by atoms with Crippen LogP contribution in [-0.2, 0) is 22.5 Å². The molecule has 0 aliphatic heterocycles. The Bertz CT molecular complexity index is 1090. The van der Waals surface area contributed by atoms with E-state index in [0.29, 0.717) is 41.9 Å². The summed E-state index contributed by atoms with van der Waals surface area (Å²) >= 11 is 0. The van der Waals surface area contributed by atoms with Crippen LogP contribution in [0.15, 0.2) is 18.2 Å². The number of nitrogens with two attached hydrogens (primary N) is 1. The number of aromatic nitrogens is 2. The van der Waals surface area contributed by atoms with Crippen LogP contribution in [0, 0.1) is 11.8 Å². The van der Waals surface area contributed by atoms with Crippen LogP contribution in [0.1, 0.15) is 63.7 Å². The van der Waals surface area contributed by atoms with Gasteiger partial charge in [-0.05, 0) is 69.2 Å². The van der Waals surface area contributed by atoms with Gasteiger partial charge >= 0.3 is 6.18 Å². The average molecular weight is 563 g/mol. The molecule has 210 valence electrons. The number of hydrogen-bond donors (Lipinski definition) is 3. The third-order valence-corrected chi connectivity index (χ3v) is 9.98. The Morgan fingerprint density at radius 3 is 2.46 bits per heavy atom. The Morgan fingerprint density at radius 1 is 1.27 bits per heavy atom. The fraction of sp³-hybridized carbons (Fsp3) is 0.720. The predicted octanol–water partition coefficient (Wildman–Crippen LogP) is 5.37. The second-order valence-electron chi connectivity index (χ2n) is 12.3. The number of benzene rings is 1. The molecule has 1 aliphatic rings. The second kappa shape index (κ2) is 11.4. The van der Waals surface area contributed by atoms with E-state index in [2.05, 4.69) is 24.4 Å². The lowest BCUT2D eigenvalue weighted by molar-refractivity contribution is -0.154. The third-order valence-electron chi connectivity index (χ3n) is 6.69. The van der Waals surface area contributed by atoms with Gasteiger partial charge < -0.3 is 20.1 Å². The summed E-state index contributed by atoms with van der Waals surface area (Å²) in [7, 11) is -2.79. The molecular weight excluding hydrogens is 521 g/mol.